The van der Waals surface area contributed by atoms with E-state index in [9.17, 15) is 4.79 Å². The minimum Gasteiger partial charge on any atom is -0.494 e. The van der Waals surface area contributed by atoms with Crippen LogP contribution >= 0.6 is 11.8 Å². The fourth-order valence-corrected chi connectivity index (χ4v) is 3.27. The summed E-state index contributed by atoms with van der Waals surface area (Å²) >= 11 is 1.41. The van der Waals surface area contributed by atoms with Crippen LogP contribution in [0.1, 0.15) is 12.5 Å². The Bertz CT molecular complexity index is 875. The SMILES string of the molecule is CCOc1ccc(NC(=O)CSc2nccn2-c2cccc(C)c2)cc1. The van der Waals surface area contributed by atoms with Crippen LogP contribution in [0.25, 0.3) is 5.69 Å². The van der Waals surface area contributed by atoms with Gasteiger partial charge in [0.15, 0.2) is 5.16 Å². The summed E-state index contributed by atoms with van der Waals surface area (Å²) in [4.78, 5) is 16.6. The zero-order valence-electron chi connectivity index (χ0n) is 14.8. The third kappa shape index (κ3) is 4.67. The fourth-order valence-electron chi connectivity index (χ4n) is 2.50. The Morgan fingerprint density at radius 3 is 2.77 bits per heavy atom. The van der Waals surface area contributed by atoms with Gasteiger partial charge in [-0.3, -0.25) is 9.36 Å². The lowest BCUT2D eigenvalue weighted by Crippen LogP contribution is -2.14. The molecule has 0 unspecified atom stereocenters. The molecule has 0 aliphatic heterocycles. The Morgan fingerprint density at radius 2 is 2.04 bits per heavy atom. The third-order valence-electron chi connectivity index (χ3n) is 3.67. The Labute approximate surface area is 157 Å². The number of carbonyl (C=O) groups excluding carboxylic acids is 1. The lowest BCUT2D eigenvalue weighted by Gasteiger charge is -2.09. The van der Waals surface area contributed by atoms with Gasteiger partial charge in [-0.1, -0.05) is 23.9 Å². The molecule has 0 aliphatic carbocycles. The van der Waals surface area contributed by atoms with Gasteiger partial charge >= 0.3 is 0 Å². The van der Waals surface area contributed by atoms with Gasteiger partial charge in [-0.05, 0) is 55.8 Å². The van der Waals surface area contributed by atoms with Crippen LogP contribution in [-0.4, -0.2) is 27.8 Å². The minimum absolute atomic E-state index is 0.0713. The summed E-state index contributed by atoms with van der Waals surface area (Å²) in [5, 5.41) is 3.68. The van der Waals surface area contributed by atoms with E-state index in [0.717, 1.165) is 22.3 Å². The molecule has 1 N–H and O–H groups in total. The van der Waals surface area contributed by atoms with Crippen molar-refractivity contribution in [1.29, 1.82) is 0 Å². The average molecular weight is 367 g/mol. The second kappa shape index (κ2) is 8.58. The molecule has 0 saturated heterocycles. The van der Waals surface area contributed by atoms with Crippen LogP contribution in [0.15, 0.2) is 66.1 Å². The number of carbonyl (C=O) groups is 1. The van der Waals surface area contributed by atoms with Gasteiger partial charge in [-0.15, -0.1) is 0 Å². The molecule has 5 nitrogen and oxygen atoms in total. The quantitative estimate of drug-likeness (QED) is 0.632. The number of amides is 1. The topological polar surface area (TPSA) is 56.1 Å². The van der Waals surface area contributed by atoms with Gasteiger partial charge in [-0.25, -0.2) is 4.98 Å². The van der Waals surface area contributed by atoms with Crippen molar-refractivity contribution in [2.45, 2.75) is 19.0 Å². The summed E-state index contributed by atoms with van der Waals surface area (Å²) < 4.78 is 7.39. The maximum atomic E-state index is 12.2. The van der Waals surface area contributed by atoms with E-state index in [1.807, 2.05) is 54.1 Å². The van der Waals surface area contributed by atoms with Gasteiger partial charge in [0.2, 0.25) is 5.91 Å². The number of aryl methyl sites for hydroxylation is 1. The first-order valence-electron chi connectivity index (χ1n) is 8.41. The van der Waals surface area contributed by atoms with Gasteiger partial charge in [0, 0.05) is 23.8 Å². The number of hydrogen-bond donors (Lipinski definition) is 1. The molecule has 1 heterocycles. The molecule has 0 spiro atoms. The number of hydrogen-bond acceptors (Lipinski definition) is 4. The molecule has 0 fully saturated rings. The van der Waals surface area contributed by atoms with E-state index in [-0.39, 0.29) is 11.7 Å². The highest BCUT2D eigenvalue weighted by atomic mass is 32.2. The molecule has 6 heteroatoms. The summed E-state index contributed by atoms with van der Waals surface area (Å²) in [5.74, 6) is 1.01. The molecular weight excluding hydrogens is 346 g/mol. The minimum atomic E-state index is -0.0713. The molecule has 0 saturated carbocycles. The normalized spacial score (nSPS) is 10.5. The molecule has 1 amide bonds. The zero-order valence-corrected chi connectivity index (χ0v) is 15.6. The summed E-state index contributed by atoms with van der Waals surface area (Å²) in [6.07, 6.45) is 3.65. The van der Waals surface area contributed by atoms with E-state index in [2.05, 4.69) is 29.4 Å². The standard InChI is InChI=1S/C20H21N3O2S/c1-3-25-18-9-7-16(8-10-18)22-19(24)14-26-20-21-11-12-23(20)17-6-4-5-15(2)13-17/h4-13H,3,14H2,1-2H3,(H,22,24). The Hall–Kier alpha value is -2.73. The van der Waals surface area contributed by atoms with Gasteiger partial charge in [0.05, 0.1) is 12.4 Å². The summed E-state index contributed by atoms with van der Waals surface area (Å²) in [6, 6.07) is 15.5. The highest BCUT2D eigenvalue weighted by Crippen LogP contribution is 2.22. The molecule has 0 bridgehead atoms. The predicted octanol–water partition coefficient (Wildman–Crippen LogP) is 4.31. The lowest BCUT2D eigenvalue weighted by molar-refractivity contribution is -0.113. The average Bonchev–Trinajstić information content (AvgIpc) is 3.10. The maximum absolute atomic E-state index is 12.2. The van der Waals surface area contributed by atoms with Gasteiger partial charge in [0.1, 0.15) is 5.75 Å². The number of rotatable bonds is 7. The summed E-state index contributed by atoms with van der Waals surface area (Å²) in [5.41, 5.74) is 2.97. The number of nitrogens with one attached hydrogen (secondary N) is 1. The van der Waals surface area contributed by atoms with Crippen molar-refractivity contribution in [1.82, 2.24) is 9.55 Å². The van der Waals surface area contributed by atoms with Crippen molar-refractivity contribution >= 4 is 23.4 Å². The lowest BCUT2D eigenvalue weighted by atomic mass is 10.2. The number of imidazole rings is 1. The smallest absolute Gasteiger partial charge is 0.234 e. The van der Waals surface area contributed by atoms with Crippen LogP contribution in [-0.2, 0) is 4.79 Å². The van der Waals surface area contributed by atoms with Gasteiger partial charge in [0.25, 0.3) is 0 Å². The first-order valence-corrected chi connectivity index (χ1v) is 9.40. The molecule has 0 radical (unpaired) electrons. The second-order valence-corrected chi connectivity index (χ2v) is 6.66. The number of nitrogens with zero attached hydrogens (tertiary/aromatic N) is 2. The van der Waals surface area contributed by atoms with E-state index in [0.29, 0.717) is 6.61 Å². The van der Waals surface area contributed by atoms with Gasteiger partial charge in [-0.2, -0.15) is 0 Å². The molecule has 0 atom stereocenters. The molecular formula is C20H21N3O2S. The highest BCUT2D eigenvalue weighted by Gasteiger charge is 2.09. The van der Waals surface area contributed by atoms with Crippen LogP contribution < -0.4 is 10.1 Å². The van der Waals surface area contributed by atoms with Crippen molar-refractivity contribution < 1.29 is 9.53 Å². The van der Waals surface area contributed by atoms with Crippen LogP contribution in [0.2, 0.25) is 0 Å². The van der Waals surface area contributed by atoms with E-state index in [1.54, 1.807) is 6.20 Å². The second-order valence-electron chi connectivity index (χ2n) is 5.71. The Balaban J connectivity index is 1.59. The third-order valence-corrected chi connectivity index (χ3v) is 4.63. The number of benzene rings is 2. The van der Waals surface area contributed by atoms with Crippen molar-refractivity contribution in [3.63, 3.8) is 0 Å². The van der Waals surface area contributed by atoms with Crippen molar-refractivity contribution in [3.8, 4) is 11.4 Å². The van der Waals surface area contributed by atoms with E-state index >= 15 is 0 Å². The first kappa shape index (κ1) is 18.1. The first-order chi connectivity index (χ1) is 12.7. The Kier molecular flexibility index (Phi) is 5.96. The number of ether oxygens (including phenoxy) is 1. The van der Waals surface area contributed by atoms with Crippen LogP contribution in [0, 0.1) is 6.92 Å². The Morgan fingerprint density at radius 1 is 1.23 bits per heavy atom. The number of aromatic nitrogens is 2. The molecule has 134 valence electrons. The van der Waals surface area contributed by atoms with Gasteiger partial charge < -0.3 is 10.1 Å². The molecule has 3 rings (SSSR count). The van der Waals surface area contributed by atoms with E-state index in [1.165, 1.54) is 17.3 Å². The summed E-state index contributed by atoms with van der Waals surface area (Å²) in [6.45, 7) is 4.61. The zero-order chi connectivity index (χ0) is 18.4. The molecule has 3 aromatic rings. The number of thioether (sulfide) groups is 1. The van der Waals surface area contributed by atoms with Crippen LogP contribution in [0.4, 0.5) is 5.69 Å². The van der Waals surface area contributed by atoms with E-state index < -0.39 is 0 Å². The van der Waals surface area contributed by atoms with Crippen LogP contribution in [0.5, 0.6) is 5.75 Å². The fraction of sp³-hybridized carbons (Fsp3) is 0.200. The maximum Gasteiger partial charge on any atom is 0.234 e. The highest BCUT2D eigenvalue weighted by molar-refractivity contribution is 7.99. The van der Waals surface area contributed by atoms with Crippen LogP contribution in [0.3, 0.4) is 0 Å². The molecule has 0 aliphatic rings. The molecule has 2 aromatic carbocycles. The van der Waals surface area contributed by atoms with Crippen molar-refractivity contribution in [3.05, 3.63) is 66.5 Å². The largest absolute Gasteiger partial charge is 0.494 e. The monoisotopic (exact) mass is 367 g/mol. The van der Waals surface area contributed by atoms with Crippen molar-refractivity contribution in [2.24, 2.45) is 0 Å². The predicted molar refractivity (Wildman–Crippen MR) is 105 cm³/mol. The van der Waals surface area contributed by atoms with E-state index in [4.69, 9.17) is 4.74 Å². The molecule has 1 aromatic heterocycles. The number of anilines is 1. The summed E-state index contributed by atoms with van der Waals surface area (Å²) in [7, 11) is 0. The van der Waals surface area contributed by atoms with Crippen molar-refractivity contribution in [2.75, 3.05) is 17.7 Å². The molecule has 26 heavy (non-hydrogen) atoms.